The lowest BCUT2D eigenvalue weighted by Gasteiger charge is -2.15. The molecule has 1 atom stereocenters. The molecule has 0 bridgehead atoms. The summed E-state index contributed by atoms with van der Waals surface area (Å²) in [5.74, 6) is 2.27. The average molecular weight is 286 g/mol. The Morgan fingerprint density at radius 3 is 2.80 bits per heavy atom. The monoisotopic (exact) mass is 285 g/mol. The maximum Gasteiger partial charge on any atom is 0.135 e. The molecule has 1 N–H and O–H groups in total. The van der Waals surface area contributed by atoms with Gasteiger partial charge in [0, 0.05) is 12.0 Å². The van der Waals surface area contributed by atoms with Crippen LogP contribution >= 0.6 is 11.6 Å². The molecule has 102 valence electrons. The van der Waals surface area contributed by atoms with Gasteiger partial charge in [-0.1, -0.05) is 35.9 Å². The van der Waals surface area contributed by atoms with E-state index in [-0.39, 0.29) is 0 Å². The third-order valence-corrected chi connectivity index (χ3v) is 4.30. The Bertz CT molecular complexity index is 652. The highest BCUT2D eigenvalue weighted by atomic mass is 35.5. The highest BCUT2D eigenvalue weighted by Crippen LogP contribution is 2.39. The van der Waals surface area contributed by atoms with Crippen molar-refractivity contribution in [3.05, 3.63) is 52.4 Å². The molecule has 0 aliphatic heterocycles. The summed E-state index contributed by atoms with van der Waals surface area (Å²) in [7, 11) is 0. The molecule has 0 amide bonds. The number of hydrogen-bond donors (Lipinski definition) is 1. The fourth-order valence-electron chi connectivity index (χ4n) is 2.92. The molecule has 1 fully saturated rings. The van der Waals surface area contributed by atoms with Gasteiger partial charge in [0.2, 0.25) is 0 Å². The van der Waals surface area contributed by atoms with Gasteiger partial charge in [-0.15, -0.1) is 0 Å². The zero-order chi connectivity index (χ0) is 13.5. The van der Waals surface area contributed by atoms with E-state index in [1.165, 1.54) is 24.0 Å². The van der Waals surface area contributed by atoms with Crippen LogP contribution in [0.1, 0.15) is 48.2 Å². The van der Waals surface area contributed by atoms with Crippen LogP contribution in [0.25, 0.3) is 0 Å². The van der Waals surface area contributed by atoms with Gasteiger partial charge in [-0.25, -0.2) is 9.97 Å². The molecule has 4 heteroatoms. The minimum Gasteiger partial charge on any atom is -0.363 e. The van der Waals surface area contributed by atoms with Crippen LogP contribution in [-0.2, 0) is 6.42 Å². The second-order valence-corrected chi connectivity index (χ2v) is 6.03. The second kappa shape index (κ2) is 4.74. The SMILES string of the molecule is Clc1cc(NC2CCc3ccccc32)nc(C2CC2)n1. The lowest BCUT2D eigenvalue weighted by atomic mass is 10.1. The predicted molar refractivity (Wildman–Crippen MR) is 80.1 cm³/mol. The number of nitrogens with zero attached hydrogens (tertiary/aromatic N) is 2. The predicted octanol–water partition coefficient (Wildman–Crippen LogP) is 4.11. The molecule has 3 nitrogen and oxygen atoms in total. The molecule has 20 heavy (non-hydrogen) atoms. The number of rotatable bonds is 3. The number of hydrogen-bond acceptors (Lipinski definition) is 3. The van der Waals surface area contributed by atoms with Gasteiger partial charge in [-0.05, 0) is 36.8 Å². The molecule has 1 aromatic carbocycles. The molecule has 4 rings (SSSR count). The average Bonchev–Trinajstić information content (AvgIpc) is 3.22. The van der Waals surface area contributed by atoms with E-state index in [2.05, 4.69) is 39.6 Å². The molecule has 2 aliphatic carbocycles. The van der Waals surface area contributed by atoms with E-state index < -0.39 is 0 Å². The normalized spacial score (nSPS) is 20.8. The van der Waals surface area contributed by atoms with Crippen molar-refractivity contribution in [2.24, 2.45) is 0 Å². The van der Waals surface area contributed by atoms with Gasteiger partial charge >= 0.3 is 0 Å². The van der Waals surface area contributed by atoms with Crippen molar-refractivity contribution in [3.63, 3.8) is 0 Å². The molecule has 2 aliphatic rings. The number of benzene rings is 1. The summed E-state index contributed by atoms with van der Waals surface area (Å²) in [6.45, 7) is 0. The smallest absolute Gasteiger partial charge is 0.135 e. The van der Waals surface area contributed by atoms with Crippen LogP contribution < -0.4 is 5.32 Å². The van der Waals surface area contributed by atoms with Crippen LogP contribution in [0.3, 0.4) is 0 Å². The number of fused-ring (bicyclic) bond motifs is 1. The molecule has 0 spiro atoms. The summed E-state index contributed by atoms with van der Waals surface area (Å²) in [5, 5.41) is 4.06. The van der Waals surface area contributed by atoms with Gasteiger partial charge in [0.15, 0.2) is 0 Å². The first-order valence-corrected chi connectivity index (χ1v) is 7.56. The quantitative estimate of drug-likeness (QED) is 0.863. The summed E-state index contributed by atoms with van der Waals surface area (Å²) < 4.78 is 0. The third-order valence-electron chi connectivity index (χ3n) is 4.11. The van der Waals surface area contributed by atoms with Crippen LogP contribution in [0.5, 0.6) is 0 Å². The Hall–Kier alpha value is -1.61. The first kappa shape index (κ1) is 12.2. The van der Waals surface area contributed by atoms with Gasteiger partial charge < -0.3 is 5.32 Å². The van der Waals surface area contributed by atoms with E-state index >= 15 is 0 Å². The van der Waals surface area contributed by atoms with Gasteiger partial charge in [0.05, 0.1) is 6.04 Å². The fraction of sp³-hybridized carbons (Fsp3) is 0.375. The van der Waals surface area contributed by atoms with Crippen molar-refractivity contribution in [2.45, 2.75) is 37.6 Å². The zero-order valence-corrected chi connectivity index (χ0v) is 11.9. The first-order valence-electron chi connectivity index (χ1n) is 7.18. The van der Waals surface area contributed by atoms with E-state index in [9.17, 15) is 0 Å². The number of nitrogens with one attached hydrogen (secondary N) is 1. The summed E-state index contributed by atoms with van der Waals surface area (Å²) >= 11 is 6.12. The summed E-state index contributed by atoms with van der Waals surface area (Å²) in [6, 6.07) is 10.8. The molecule has 1 heterocycles. The Balaban J connectivity index is 1.60. The second-order valence-electron chi connectivity index (χ2n) is 5.64. The molecule has 0 saturated heterocycles. The maximum atomic E-state index is 6.12. The lowest BCUT2D eigenvalue weighted by Crippen LogP contribution is -2.09. The molecule has 1 aromatic heterocycles. The van der Waals surface area contributed by atoms with Gasteiger partial charge in [-0.3, -0.25) is 0 Å². The summed E-state index contributed by atoms with van der Waals surface area (Å²) in [4.78, 5) is 8.95. The highest BCUT2D eigenvalue weighted by molar-refractivity contribution is 6.29. The van der Waals surface area contributed by atoms with E-state index in [0.29, 0.717) is 17.1 Å². The Labute approximate surface area is 123 Å². The minimum atomic E-state index is 0.337. The topological polar surface area (TPSA) is 37.8 Å². The molecule has 1 unspecified atom stereocenters. The lowest BCUT2D eigenvalue weighted by molar-refractivity contribution is 0.753. The number of aryl methyl sites for hydroxylation is 1. The number of halogens is 1. The molecule has 2 aromatic rings. The molecule has 1 saturated carbocycles. The zero-order valence-electron chi connectivity index (χ0n) is 11.1. The first-order chi connectivity index (χ1) is 9.79. The van der Waals surface area contributed by atoms with Gasteiger partial charge in [0.1, 0.15) is 16.8 Å². The fourth-order valence-corrected chi connectivity index (χ4v) is 3.11. The van der Waals surface area contributed by atoms with E-state index in [0.717, 1.165) is 24.5 Å². The Morgan fingerprint density at radius 2 is 1.95 bits per heavy atom. The van der Waals surface area contributed by atoms with Crippen LogP contribution in [-0.4, -0.2) is 9.97 Å². The van der Waals surface area contributed by atoms with E-state index in [1.54, 1.807) is 0 Å². The maximum absolute atomic E-state index is 6.12. The van der Waals surface area contributed by atoms with E-state index in [4.69, 9.17) is 11.6 Å². The van der Waals surface area contributed by atoms with Gasteiger partial charge in [0.25, 0.3) is 0 Å². The van der Waals surface area contributed by atoms with Crippen molar-refractivity contribution in [1.29, 1.82) is 0 Å². The summed E-state index contributed by atoms with van der Waals surface area (Å²) in [6.07, 6.45) is 4.61. The number of aromatic nitrogens is 2. The Kier molecular flexibility index (Phi) is 2.88. The van der Waals surface area contributed by atoms with Crippen molar-refractivity contribution in [2.75, 3.05) is 5.32 Å². The van der Waals surface area contributed by atoms with E-state index in [1.807, 2.05) is 6.07 Å². The highest BCUT2D eigenvalue weighted by Gasteiger charge is 2.28. The standard InChI is InChI=1S/C16H16ClN3/c17-14-9-15(20-16(19-14)11-5-6-11)18-13-8-7-10-3-1-2-4-12(10)13/h1-4,9,11,13H,5-8H2,(H,18,19,20). The van der Waals surface area contributed by atoms with Gasteiger partial charge in [-0.2, -0.15) is 0 Å². The van der Waals surface area contributed by atoms with Crippen molar-refractivity contribution >= 4 is 17.4 Å². The number of anilines is 1. The largest absolute Gasteiger partial charge is 0.363 e. The third kappa shape index (κ3) is 2.27. The van der Waals surface area contributed by atoms with Crippen molar-refractivity contribution in [3.8, 4) is 0 Å². The van der Waals surface area contributed by atoms with Crippen molar-refractivity contribution in [1.82, 2.24) is 9.97 Å². The van der Waals surface area contributed by atoms with Crippen molar-refractivity contribution < 1.29 is 0 Å². The molecule has 0 radical (unpaired) electrons. The Morgan fingerprint density at radius 1 is 1.10 bits per heavy atom. The van der Waals surface area contributed by atoms with Crippen LogP contribution in [0.4, 0.5) is 5.82 Å². The minimum absolute atomic E-state index is 0.337. The summed E-state index contributed by atoms with van der Waals surface area (Å²) in [5.41, 5.74) is 2.82. The van der Waals surface area contributed by atoms with Crippen LogP contribution in [0.15, 0.2) is 30.3 Å². The van der Waals surface area contributed by atoms with Crippen LogP contribution in [0, 0.1) is 0 Å². The molecular formula is C16H16ClN3. The van der Waals surface area contributed by atoms with Crippen LogP contribution in [0.2, 0.25) is 5.15 Å². The molecular weight excluding hydrogens is 270 g/mol.